The van der Waals surface area contributed by atoms with Gasteiger partial charge in [0.2, 0.25) is 0 Å². The van der Waals surface area contributed by atoms with Gasteiger partial charge in [0.15, 0.2) is 5.96 Å². The van der Waals surface area contributed by atoms with Gasteiger partial charge in [-0.3, -0.25) is 9.89 Å². The summed E-state index contributed by atoms with van der Waals surface area (Å²) in [6.45, 7) is 11.6. The van der Waals surface area contributed by atoms with Crippen molar-refractivity contribution >= 4 is 17.3 Å². The van der Waals surface area contributed by atoms with Crippen molar-refractivity contribution < 1.29 is 0 Å². The third-order valence-corrected chi connectivity index (χ3v) is 6.46. The molecule has 0 bridgehead atoms. The molecule has 2 fully saturated rings. The van der Waals surface area contributed by atoms with Gasteiger partial charge in [0.25, 0.3) is 0 Å². The van der Waals surface area contributed by atoms with Crippen LogP contribution in [0.1, 0.15) is 38.0 Å². The molecule has 0 aromatic carbocycles. The zero-order valence-electron chi connectivity index (χ0n) is 16.1. The molecule has 1 aromatic heterocycles. The third-order valence-electron chi connectivity index (χ3n) is 5.60. The first-order valence-electron chi connectivity index (χ1n) is 9.84. The van der Waals surface area contributed by atoms with Crippen LogP contribution in [0.2, 0.25) is 0 Å². The Morgan fingerprint density at radius 1 is 1.24 bits per heavy atom. The average molecular weight is 363 g/mol. The maximum atomic E-state index is 4.55. The molecule has 25 heavy (non-hydrogen) atoms. The van der Waals surface area contributed by atoms with E-state index in [1.54, 1.807) is 0 Å². The summed E-state index contributed by atoms with van der Waals surface area (Å²) in [7, 11) is 1.93. The van der Waals surface area contributed by atoms with Crippen LogP contribution in [-0.2, 0) is 6.54 Å². The molecule has 2 saturated heterocycles. The second-order valence-electron chi connectivity index (χ2n) is 8.08. The average Bonchev–Trinajstić information content (AvgIpc) is 3.09. The van der Waals surface area contributed by atoms with E-state index < -0.39 is 0 Å². The van der Waals surface area contributed by atoms with Crippen LogP contribution in [0.3, 0.4) is 0 Å². The first-order valence-corrected chi connectivity index (χ1v) is 10.7. The first kappa shape index (κ1) is 18.7. The molecule has 1 aromatic rings. The summed E-state index contributed by atoms with van der Waals surface area (Å²) in [5.41, 5.74) is 0. The number of nitrogens with one attached hydrogen (secondary N) is 1. The molecule has 2 aliphatic rings. The van der Waals surface area contributed by atoms with Crippen LogP contribution in [0, 0.1) is 17.8 Å². The lowest BCUT2D eigenvalue weighted by molar-refractivity contribution is 0.176. The lowest BCUT2D eigenvalue weighted by Gasteiger charge is -2.38. The van der Waals surface area contributed by atoms with Gasteiger partial charge in [-0.15, -0.1) is 11.3 Å². The van der Waals surface area contributed by atoms with Gasteiger partial charge >= 0.3 is 0 Å². The van der Waals surface area contributed by atoms with E-state index in [1.165, 1.54) is 37.2 Å². The van der Waals surface area contributed by atoms with Gasteiger partial charge in [0.05, 0.1) is 0 Å². The molecule has 3 heterocycles. The number of likely N-dealkylation sites (tertiary alicyclic amines) is 2. The Morgan fingerprint density at radius 2 is 1.96 bits per heavy atom. The second kappa shape index (κ2) is 9.04. The molecule has 4 nitrogen and oxygen atoms in total. The predicted molar refractivity (Wildman–Crippen MR) is 108 cm³/mol. The van der Waals surface area contributed by atoms with E-state index in [2.05, 4.69) is 51.5 Å². The highest BCUT2D eigenvalue weighted by atomic mass is 32.1. The normalized spacial score (nSPS) is 26.8. The van der Waals surface area contributed by atoms with Crippen molar-refractivity contribution in [2.75, 3.05) is 39.8 Å². The Labute approximate surface area is 157 Å². The van der Waals surface area contributed by atoms with E-state index in [4.69, 9.17) is 0 Å². The largest absolute Gasteiger partial charge is 0.356 e. The molecule has 0 spiro atoms. The molecule has 0 amide bonds. The summed E-state index contributed by atoms with van der Waals surface area (Å²) in [6, 6.07) is 4.41. The van der Waals surface area contributed by atoms with Crippen molar-refractivity contribution in [2.45, 2.75) is 39.7 Å². The van der Waals surface area contributed by atoms with Gasteiger partial charge in [-0.2, -0.15) is 0 Å². The maximum absolute atomic E-state index is 4.55. The number of nitrogens with zero attached hydrogens (tertiary/aromatic N) is 3. The van der Waals surface area contributed by atoms with Crippen molar-refractivity contribution in [1.82, 2.24) is 15.1 Å². The van der Waals surface area contributed by atoms with Crippen LogP contribution in [-0.4, -0.2) is 55.5 Å². The van der Waals surface area contributed by atoms with Crippen molar-refractivity contribution in [2.24, 2.45) is 22.7 Å². The Hall–Kier alpha value is -1.07. The van der Waals surface area contributed by atoms with Crippen LogP contribution in [0.15, 0.2) is 22.5 Å². The van der Waals surface area contributed by atoms with Gasteiger partial charge in [-0.1, -0.05) is 19.9 Å². The van der Waals surface area contributed by atoms with E-state index >= 15 is 0 Å². The summed E-state index contributed by atoms with van der Waals surface area (Å²) in [5, 5.41) is 5.85. The van der Waals surface area contributed by atoms with E-state index in [9.17, 15) is 0 Å². The van der Waals surface area contributed by atoms with Crippen LogP contribution in [0.5, 0.6) is 0 Å². The Bertz CT molecular complexity index is 524. The molecule has 140 valence electrons. The van der Waals surface area contributed by atoms with Gasteiger partial charge < -0.3 is 10.2 Å². The van der Waals surface area contributed by atoms with Gasteiger partial charge in [0.1, 0.15) is 0 Å². The molecule has 1 N–H and O–H groups in total. The minimum Gasteiger partial charge on any atom is -0.356 e. The Kier molecular flexibility index (Phi) is 6.77. The van der Waals surface area contributed by atoms with Crippen molar-refractivity contribution in [1.29, 1.82) is 0 Å². The molecule has 0 aliphatic carbocycles. The molecule has 5 heteroatoms. The highest BCUT2D eigenvalue weighted by molar-refractivity contribution is 7.09. The fourth-order valence-corrected chi connectivity index (χ4v) is 5.12. The summed E-state index contributed by atoms with van der Waals surface area (Å²) < 4.78 is 0. The first-order chi connectivity index (χ1) is 12.1. The number of hydrogen-bond donors (Lipinski definition) is 1. The van der Waals surface area contributed by atoms with Gasteiger partial charge in [-0.05, 0) is 61.6 Å². The number of hydrogen-bond acceptors (Lipinski definition) is 3. The Balaban J connectivity index is 1.41. The standard InChI is InChI=1S/C20H34N4S/c1-16-11-17(2)14-24(13-16)20(21-3)22-12-18-6-8-23(9-7-18)15-19-5-4-10-25-19/h4-5,10,16-18H,6-9,11-15H2,1-3H3,(H,21,22). The minimum atomic E-state index is 0.766. The molecule has 2 unspecified atom stereocenters. The van der Waals surface area contributed by atoms with Crippen LogP contribution in [0.25, 0.3) is 0 Å². The SMILES string of the molecule is CN=C(NCC1CCN(Cc2cccs2)CC1)N1CC(C)CC(C)C1. The quantitative estimate of drug-likeness (QED) is 0.657. The minimum absolute atomic E-state index is 0.766. The zero-order chi connectivity index (χ0) is 17.6. The summed E-state index contributed by atoms with van der Waals surface area (Å²) in [5.74, 6) is 3.42. The number of rotatable bonds is 4. The van der Waals surface area contributed by atoms with Crippen molar-refractivity contribution in [3.05, 3.63) is 22.4 Å². The van der Waals surface area contributed by atoms with Crippen molar-refractivity contribution in [3.63, 3.8) is 0 Å². The number of thiophene rings is 1. The molecule has 0 saturated carbocycles. The second-order valence-corrected chi connectivity index (χ2v) is 9.11. The van der Waals surface area contributed by atoms with E-state index in [-0.39, 0.29) is 0 Å². The molecule has 2 aliphatic heterocycles. The predicted octanol–water partition coefficient (Wildman–Crippen LogP) is 3.51. The summed E-state index contributed by atoms with van der Waals surface area (Å²) >= 11 is 1.88. The topological polar surface area (TPSA) is 30.9 Å². The number of aliphatic imine (C=N–C) groups is 1. The van der Waals surface area contributed by atoms with E-state index in [0.717, 1.165) is 49.9 Å². The van der Waals surface area contributed by atoms with E-state index in [0.29, 0.717) is 0 Å². The number of guanidine groups is 1. The lowest BCUT2D eigenvalue weighted by atomic mass is 9.92. The number of piperidine rings is 2. The monoisotopic (exact) mass is 362 g/mol. The smallest absolute Gasteiger partial charge is 0.193 e. The maximum Gasteiger partial charge on any atom is 0.193 e. The highest BCUT2D eigenvalue weighted by Gasteiger charge is 2.25. The highest BCUT2D eigenvalue weighted by Crippen LogP contribution is 2.22. The van der Waals surface area contributed by atoms with Gasteiger partial charge in [0, 0.05) is 38.1 Å². The molecular weight excluding hydrogens is 328 g/mol. The molecule has 3 rings (SSSR count). The third kappa shape index (κ3) is 5.45. The molecule has 0 radical (unpaired) electrons. The summed E-state index contributed by atoms with van der Waals surface area (Å²) in [6.07, 6.45) is 3.93. The lowest BCUT2D eigenvalue weighted by Crippen LogP contribution is -2.50. The summed E-state index contributed by atoms with van der Waals surface area (Å²) in [4.78, 5) is 11.1. The van der Waals surface area contributed by atoms with Crippen LogP contribution < -0.4 is 5.32 Å². The Morgan fingerprint density at radius 3 is 2.56 bits per heavy atom. The van der Waals surface area contributed by atoms with Crippen LogP contribution >= 0.6 is 11.3 Å². The van der Waals surface area contributed by atoms with Crippen LogP contribution in [0.4, 0.5) is 0 Å². The molecular formula is C20H34N4S. The van der Waals surface area contributed by atoms with Crippen molar-refractivity contribution in [3.8, 4) is 0 Å². The molecule has 2 atom stereocenters. The fourth-order valence-electron chi connectivity index (χ4n) is 4.38. The van der Waals surface area contributed by atoms with E-state index in [1.807, 2.05) is 18.4 Å². The fraction of sp³-hybridized carbons (Fsp3) is 0.750. The van der Waals surface area contributed by atoms with Gasteiger partial charge in [-0.25, -0.2) is 0 Å². The zero-order valence-corrected chi connectivity index (χ0v) is 16.9.